The number of hydrogen-bond donors (Lipinski definition) is 3. The maximum atomic E-state index is 11.7. The van der Waals surface area contributed by atoms with Crippen LogP contribution in [0.25, 0.3) is 0 Å². The molecule has 4 atom stereocenters. The Morgan fingerprint density at radius 1 is 1.26 bits per heavy atom. The summed E-state index contributed by atoms with van der Waals surface area (Å²) in [6.45, 7) is 7.90. The summed E-state index contributed by atoms with van der Waals surface area (Å²) < 4.78 is 0. The Balaban J connectivity index is 1.83. The first-order valence-corrected chi connectivity index (χ1v) is 10.7. The van der Waals surface area contributed by atoms with Crippen LogP contribution in [0.1, 0.15) is 66.2 Å². The van der Waals surface area contributed by atoms with E-state index in [1.807, 2.05) is 26.0 Å². The summed E-state index contributed by atoms with van der Waals surface area (Å²) in [7, 11) is 0. The lowest BCUT2D eigenvalue weighted by Gasteiger charge is -2.58. The van der Waals surface area contributed by atoms with Gasteiger partial charge in [-0.25, -0.2) is 4.98 Å². The van der Waals surface area contributed by atoms with Crippen molar-refractivity contribution in [3.05, 3.63) is 44.9 Å². The molecule has 0 bridgehead atoms. The van der Waals surface area contributed by atoms with Gasteiger partial charge < -0.3 is 15.3 Å². The highest BCUT2D eigenvalue weighted by Gasteiger charge is 2.62. The molecule has 27 heavy (non-hydrogen) atoms. The molecular formula is C22H29NO3S. The molecule has 4 nitrogen and oxygen atoms in total. The molecule has 1 saturated carbocycles. The molecular weight excluding hydrogens is 358 g/mol. The van der Waals surface area contributed by atoms with Crippen molar-refractivity contribution in [2.75, 3.05) is 0 Å². The highest BCUT2D eigenvalue weighted by atomic mass is 32.1. The van der Waals surface area contributed by atoms with Gasteiger partial charge in [0.1, 0.15) is 16.4 Å². The predicted octanol–water partition coefficient (Wildman–Crippen LogP) is 4.11. The normalized spacial score (nSPS) is 35.6. The number of phenolic OH excluding ortho intramolecular Hbond substituents is 1. The smallest absolute Gasteiger partial charge is 0.144 e. The van der Waals surface area contributed by atoms with Crippen molar-refractivity contribution < 1.29 is 15.3 Å². The molecule has 2 aliphatic carbocycles. The van der Waals surface area contributed by atoms with Gasteiger partial charge in [0.05, 0.1) is 11.3 Å². The van der Waals surface area contributed by atoms with Gasteiger partial charge in [-0.1, -0.05) is 13.0 Å². The maximum Gasteiger partial charge on any atom is 0.144 e. The van der Waals surface area contributed by atoms with E-state index < -0.39 is 11.2 Å². The van der Waals surface area contributed by atoms with Crippen LogP contribution in [0.5, 0.6) is 5.75 Å². The number of hydrogen-bond acceptors (Lipinski definition) is 5. The molecule has 3 N–H and O–H groups in total. The van der Waals surface area contributed by atoms with Crippen molar-refractivity contribution in [2.45, 2.75) is 76.4 Å². The van der Waals surface area contributed by atoms with E-state index in [0.29, 0.717) is 23.6 Å². The molecule has 1 aromatic carbocycles. The van der Waals surface area contributed by atoms with Crippen LogP contribution in [0.2, 0.25) is 0 Å². The highest BCUT2D eigenvalue weighted by molar-refractivity contribution is 7.11. The minimum atomic E-state index is -1.32. The second-order valence-corrected chi connectivity index (χ2v) is 9.97. The molecule has 0 radical (unpaired) electrons. The van der Waals surface area contributed by atoms with E-state index in [1.165, 1.54) is 22.5 Å². The highest BCUT2D eigenvalue weighted by Crippen LogP contribution is 2.60. The first-order valence-electron chi connectivity index (χ1n) is 9.84. The topological polar surface area (TPSA) is 73.6 Å². The Kier molecular flexibility index (Phi) is 4.22. The summed E-state index contributed by atoms with van der Waals surface area (Å²) in [5.41, 5.74) is 0.550. The van der Waals surface area contributed by atoms with E-state index in [-0.39, 0.29) is 11.3 Å². The van der Waals surface area contributed by atoms with Crippen LogP contribution in [-0.4, -0.2) is 25.9 Å². The fourth-order valence-corrected chi connectivity index (χ4v) is 6.68. The van der Waals surface area contributed by atoms with E-state index >= 15 is 0 Å². The molecule has 0 spiro atoms. The molecule has 1 fully saturated rings. The van der Waals surface area contributed by atoms with Crippen LogP contribution in [0.4, 0.5) is 0 Å². The number of nitrogens with zero attached hydrogens (tertiary/aromatic N) is 1. The lowest BCUT2D eigenvalue weighted by atomic mass is 9.49. The number of benzene rings is 1. The standard InChI is InChI=1S/C22H29NO3S/c1-5-21-12-20(4,25)22(26,19-23-13(2)14(3)27-19)11-16(21)7-6-15-10-17(24)8-9-18(15)21/h8-10,16,24-26H,5-7,11-12H2,1-4H3/t16-,20-,21-,22+/m1/s1. The van der Waals surface area contributed by atoms with Crippen LogP contribution < -0.4 is 0 Å². The molecule has 0 unspecified atom stereocenters. The number of aromatic hydroxyl groups is 1. The molecule has 0 saturated heterocycles. The molecule has 1 aromatic heterocycles. The number of thiazole rings is 1. The molecule has 146 valence electrons. The molecule has 2 aromatic rings. The first kappa shape index (κ1) is 18.9. The van der Waals surface area contributed by atoms with Crippen LogP contribution in [0.3, 0.4) is 0 Å². The second kappa shape index (κ2) is 6.03. The van der Waals surface area contributed by atoms with Gasteiger partial charge in [-0.15, -0.1) is 11.3 Å². The quantitative estimate of drug-likeness (QED) is 0.725. The number of aromatic nitrogens is 1. The van der Waals surface area contributed by atoms with Gasteiger partial charge in [-0.2, -0.15) is 0 Å². The maximum absolute atomic E-state index is 11.7. The third-order valence-electron chi connectivity index (χ3n) is 7.27. The van der Waals surface area contributed by atoms with E-state index in [0.717, 1.165) is 29.8 Å². The zero-order valence-corrected chi connectivity index (χ0v) is 17.4. The number of aryl methyl sites for hydroxylation is 3. The Labute approximate surface area is 164 Å². The van der Waals surface area contributed by atoms with Gasteiger partial charge in [-0.05, 0) is 82.1 Å². The summed E-state index contributed by atoms with van der Waals surface area (Å²) in [6.07, 6.45) is 3.75. The minimum Gasteiger partial charge on any atom is -0.508 e. The molecule has 0 amide bonds. The van der Waals surface area contributed by atoms with Crippen LogP contribution >= 0.6 is 11.3 Å². The Morgan fingerprint density at radius 2 is 2.00 bits per heavy atom. The average molecular weight is 388 g/mol. The molecule has 5 heteroatoms. The number of rotatable bonds is 2. The summed E-state index contributed by atoms with van der Waals surface area (Å²) in [4.78, 5) is 5.71. The van der Waals surface area contributed by atoms with Gasteiger partial charge >= 0.3 is 0 Å². The largest absolute Gasteiger partial charge is 0.508 e. The predicted molar refractivity (Wildman–Crippen MR) is 107 cm³/mol. The van der Waals surface area contributed by atoms with E-state index in [1.54, 1.807) is 13.0 Å². The van der Waals surface area contributed by atoms with Crippen LogP contribution in [0, 0.1) is 19.8 Å². The van der Waals surface area contributed by atoms with Gasteiger partial charge in [0.25, 0.3) is 0 Å². The van der Waals surface area contributed by atoms with Crippen molar-refractivity contribution in [1.82, 2.24) is 4.98 Å². The fourth-order valence-electron chi connectivity index (χ4n) is 5.54. The lowest BCUT2D eigenvalue weighted by molar-refractivity contribution is -0.205. The summed E-state index contributed by atoms with van der Waals surface area (Å²) >= 11 is 1.50. The summed E-state index contributed by atoms with van der Waals surface area (Å²) in [6, 6.07) is 5.65. The average Bonchev–Trinajstić information content (AvgIpc) is 2.95. The van der Waals surface area contributed by atoms with Crippen molar-refractivity contribution >= 4 is 11.3 Å². The number of phenols is 1. The second-order valence-electron chi connectivity index (χ2n) is 8.76. The fraction of sp³-hybridized carbons (Fsp3) is 0.591. The number of fused-ring (bicyclic) bond motifs is 3. The van der Waals surface area contributed by atoms with Crippen LogP contribution in [-0.2, 0) is 17.4 Å². The Morgan fingerprint density at radius 3 is 2.63 bits per heavy atom. The first-order chi connectivity index (χ1) is 12.6. The van der Waals surface area contributed by atoms with E-state index in [4.69, 9.17) is 0 Å². The van der Waals surface area contributed by atoms with Gasteiger partial charge in [0.2, 0.25) is 0 Å². The van der Waals surface area contributed by atoms with Crippen LogP contribution in [0.15, 0.2) is 18.2 Å². The monoisotopic (exact) mass is 387 g/mol. The molecule has 4 rings (SSSR count). The zero-order chi connectivity index (χ0) is 19.6. The van der Waals surface area contributed by atoms with Gasteiger partial charge in [-0.3, -0.25) is 0 Å². The third-order valence-corrected chi connectivity index (χ3v) is 8.50. The minimum absolute atomic E-state index is 0.182. The SMILES string of the molecule is CC[C@@]12C[C@@](C)(O)[C@@](O)(c3nc(C)c(C)s3)C[C@H]1CCc1cc(O)ccc12. The van der Waals surface area contributed by atoms with E-state index in [2.05, 4.69) is 11.9 Å². The van der Waals surface area contributed by atoms with Gasteiger partial charge in [0.15, 0.2) is 0 Å². The molecule has 0 aliphatic heterocycles. The van der Waals surface area contributed by atoms with E-state index in [9.17, 15) is 15.3 Å². The third kappa shape index (κ3) is 2.59. The molecule has 1 heterocycles. The Bertz CT molecular complexity index is 870. The zero-order valence-electron chi connectivity index (χ0n) is 16.5. The van der Waals surface area contributed by atoms with Gasteiger partial charge in [0, 0.05) is 10.3 Å². The van der Waals surface area contributed by atoms with Crippen molar-refractivity contribution in [3.8, 4) is 5.75 Å². The van der Waals surface area contributed by atoms with Crippen molar-refractivity contribution in [3.63, 3.8) is 0 Å². The summed E-state index contributed by atoms with van der Waals surface area (Å²) in [5, 5.41) is 33.8. The molecule has 2 aliphatic rings. The van der Waals surface area contributed by atoms with Crippen molar-refractivity contribution in [2.24, 2.45) is 5.92 Å². The lowest BCUT2D eigenvalue weighted by Crippen LogP contribution is -2.62. The Hall–Kier alpha value is -1.43. The summed E-state index contributed by atoms with van der Waals surface area (Å²) in [5.74, 6) is 0.570. The van der Waals surface area contributed by atoms with Crippen molar-refractivity contribution in [1.29, 1.82) is 0 Å². The number of aliphatic hydroxyl groups is 2.